The molecule has 4 aliphatic carbocycles. The smallest absolute Gasteiger partial charge is 0.135 e. The van der Waals surface area contributed by atoms with E-state index < -0.39 is 35.3 Å². The van der Waals surface area contributed by atoms with Crippen molar-refractivity contribution in [1.82, 2.24) is 0 Å². The zero-order chi connectivity index (χ0) is 33.3. The second-order valence-electron chi connectivity index (χ2n) is 15.9. The van der Waals surface area contributed by atoms with Gasteiger partial charge in [-0.15, -0.1) is 0 Å². The van der Waals surface area contributed by atoms with Gasteiger partial charge in [-0.1, -0.05) is 54.9 Å². The molecule has 0 heterocycles. The molecule has 0 aromatic carbocycles. The van der Waals surface area contributed by atoms with Crippen LogP contribution in [0, 0.1) is 57.7 Å². The Hall–Kier alpha value is 2.13. The number of rotatable bonds is 10. The maximum absolute atomic E-state index is 10.6. The number of hydrogen-bond acceptors (Lipinski definition) is 9. The van der Waals surface area contributed by atoms with Crippen molar-refractivity contribution in [2.75, 3.05) is 0 Å². The molecule has 0 radical (unpaired) electrons. The van der Waals surface area contributed by atoms with Crippen LogP contribution in [0.5, 0.6) is 0 Å². The summed E-state index contributed by atoms with van der Waals surface area (Å²) >= 11 is 30.8. The molecule has 4 fully saturated rings. The second kappa shape index (κ2) is 13.7. The van der Waals surface area contributed by atoms with Crippen LogP contribution in [0.4, 0.5) is 0 Å². The summed E-state index contributed by atoms with van der Waals surface area (Å²) in [4.78, 5) is 0. The molecule has 0 amide bonds. The Morgan fingerprint density at radius 3 is 1.77 bits per heavy atom. The molecule has 44 heavy (non-hydrogen) atoms. The van der Waals surface area contributed by atoms with Gasteiger partial charge in [0.25, 0.3) is 0 Å². The van der Waals surface area contributed by atoms with Gasteiger partial charge in [0.1, 0.15) is 35.3 Å². The summed E-state index contributed by atoms with van der Waals surface area (Å²) in [6, 6.07) is 0. The predicted molar refractivity (Wildman–Crippen MR) is 202 cm³/mol. The first-order chi connectivity index (χ1) is 19.8. The van der Waals surface area contributed by atoms with Crippen molar-refractivity contribution in [3.8, 4) is 0 Å². The summed E-state index contributed by atoms with van der Waals surface area (Å²) in [5, 5.41) is 0. The van der Waals surface area contributed by atoms with Gasteiger partial charge in [-0.05, 0) is 109 Å². The molecule has 3 N–H and O–H groups in total. The highest BCUT2D eigenvalue weighted by Crippen LogP contribution is 2.69. The van der Waals surface area contributed by atoms with E-state index in [1.807, 2.05) is 0 Å². The van der Waals surface area contributed by atoms with E-state index in [0.29, 0.717) is 53.8 Å². The van der Waals surface area contributed by atoms with E-state index in [0.717, 1.165) is 12.8 Å². The summed E-state index contributed by atoms with van der Waals surface area (Å²) in [5.74, 6) is 3.17. The van der Waals surface area contributed by atoms with E-state index >= 15 is 0 Å². The average Bonchev–Trinajstić information content (AvgIpc) is 3.17. The SMILES string of the molecule is C[C@H](CC[C@H](C)C(C)(C)C)[C@@H]1CC[C@H]2[C@@H]3C[C@H](OS(O)(=S)=S)[C@H]4C[C@H](OS(O)(=S)=S)[C@@H](OS(O)(=S)=S)C[C@]4(C)[C@H]3CC[C@@]21C. The molecule has 4 saturated carbocycles. The van der Waals surface area contributed by atoms with Crippen LogP contribution in [0.3, 0.4) is 0 Å². The van der Waals surface area contributed by atoms with Gasteiger partial charge in [0.05, 0.1) is 6.10 Å². The zero-order valence-electron chi connectivity index (χ0n) is 26.9. The minimum atomic E-state index is -3.18. The Bertz CT molecular complexity index is 1380. The van der Waals surface area contributed by atoms with Crippen LogP contribution >= 0.6 is 0 Å². The van der Waals surface area contributed by atoms with Crippen LogP contribution in [0.15, 0.2) is 0 Å². The van der Waals surface area contributed by atoms with E-state index in [1.54, 1.807) is 0 Å². The third kappa shape index (κ3) is 8.88. The van der Waals surface area contributed by atoms with Crippen LogP contribution < -0.4 is 0 Å². The summed E-state index contributed by atoms with van der Waals surface area (Å²) in [6.45, 7) is 16.7. The van der Waals surface area contributed by atoms with Crippen molar-refractivity contribution in [3.63, 3.8) is 0 Å². The van der Waals surface area contributed by atoms with Crippen LogP contribution in [-0.4, -0.2) is 32.0 Å². The van der Waals surface area contributed by atoms with Crippen molar-refractivity contribution in [2.24, 2.45) is 57.7 Å². The molecular weight excluding hydrogens is 733 g/mol. The minimum absolute atomic E-state index is 0.0945. The number of hydrogen-bond donors (Lipinski definition) is 3. The third-order valence-corrected chi connectivity index (χ3v) is 15.5. The fourth-order valence-electron chi connectivity index (χ4n) is 10.2. The van der Waals surface area contributed by atoms with Gasteiger partial charge in [-0.25, -0.2) is 0 Å². The van der Waals surface area contributed by atoms with E-state index in [4.69, 9.17) is 79.7 Å². The van der Waals surface area contributed by atoms with Gasteiger partial charge < -0.3 is 13.7 Å². The molecule has 4 aliphatic rings. The predicted octanol–water partition coefficient (Wildman–Crippen LogP) is 7.52. The van der Waals surface area contributed by atoms with E-state index in [9.17, 15) is 13.7 Å². The topological polar surface area (TPSA) is 88.4 Å². The summed E-state index contributed by atoms with van der Waals surface area (Å²) < 4.78 is 49.3. The van der Waals surface area contributed by atoms with E-state index in [1.165, 1.54) is 32.1 Å². The summed E-state index contributed by atoms with van der Waals surface area (Å²) in [7, 11) is -9.43. The Labute approximate surface area is 296 Å². The Morgan fingerprint density at radius 1 is 0.705 bits per heavy atom. The maximum Gasteiger partial charge on any atom is 0.135 e. The lowest BCUT2D eigenvalue weighted by Crippen LogP contribution is -2.62. The Kier molecular flexibility index (Phi) is 12.1. The first-order valence-electron chi connectivity index (χ1n) is 15.8. The van der Waals surface area contributed by atoms with E-state index in [-0.39, 0.29) is 22.9 Å². The lowest BCUT2D eigenvalue weighted by Gasteiger charge is -2.63. The van der Waals surface area contributed by atoms with Crippen LogP contribution in [0.25, 0.3) is 0 Å². The lowest BCUT2D eigenvalue weighted by atomic mass is 9.43. The maximum atomic E-state index is 10.6. The molecule has 0 aliphatic heterocycles. The normalized spacial score (nSPS) is 41.3. The second-order valence-corrected chi connectivity index (χ2v) is 29.1. The zero-order valence-corrected chi connectivity index (χ0v) is 34.2. The van der Waals surface area contributed by atoms with Crippen LogP contribution in [0.1, 0.15) is 106 Å². The standard InChI is InChI=1S/C29H52O6S9/c1-17(8-9-18(2)27(3,4)5)20-10-11-21-19-14-24(33-42(30,36)37)23-15-25(34-43(31,38)39)26(35-44(32,40)41)16-29(23,7)22(19)12-13-28(20,21)6/h17-26H,8-16H2,1-7H3,(H,30,36,37)(H,31,38,39)(H,32,40,41)/t17-,18+,19+,20+,21+,22+,23-,24+,25+,26+,28-,29-/m1/s1. The molecule has 12 atom stereocenters. The molecule has 0 aromatic heterocycles. The highest BCUT2D eigenvalue weighted by Gasteiger charge is 2.64. The fourth-order valence-corrected chi connectivity index (χ4v) is 13.5. The van der Waals surface area contributed by atoms with Crippen molar-refractivity contribution in [3.05, 3.63) is 0 Å². The quantitative estimate of drug-likeness (QED) is 0.205. The first kappa shape index (κ1) is 38.9. The molecule has 0 unspecified atom stereocenters. The molecule has 258 valence electrons. The molecular formula is C29H52O6S9. The first-order valence-corrected chi connectivity index (χ1v) is 25.9. The largest absolute Gasteiger partial charge is 0.306 e. The van der Waals surface area contributed by atoms with Gasteiger partial charge in [-0.3, -0.25) is 12.5 Å². The monoisotopic (exact) mass is 784 g/mol. The highest BCUT2D eigenvalue weighted by atomic mass is 33.1. The van der Waals surface area contributed by atoms with E-state index in [2.05, 4.69) is 48.5 Å². The molecule has 6 nitrogen and oxygen atoms in total. The van der Waals surface area contributed by atoms with Crippen molar-refractivity contribution < 1.29 is 26.2 Å². The molecule has 0 aromatic rings. The van der Waals surface area contributed by atoms with Gasteiger partial charge in [0, 0.05) is 67.1 Å². The third-order valence-electron chi connectivity index (χ3n) is 12.7. The molecule has 0 spiro atoms. The lowest BCUT2D eigenvalue weighted by molar-refractivity contribution is -0.180. The van der Waals surface area contributed by atoms with Gasteiger partial charge in [0.15, 0.2) is 0 Å². The summed E-state index contributed by atoms with van der Waals surface area (Å²) in [5.41, 5.74) is 0.237. The summed E-state index contributed by atoms with van der Waals surface area (Å²) in [6.07, 6.45) is 7.03. The molecule has 0 bridgehead atoms. The van der Waals surface area contributed by atoms with Crippen molar-refractivity contribution in [2.45, 2.75) is 125 Å². The van der Waals surface area contributed by atoms with Gasteiger partial charge >= 0.3 is 0 Å². The number of fused-ring (bicyclic) bond motifs is 5. The molecule has 0 saturated heterocycles. The Balaban J connectivity index is 1.66. The molecule has 4 rings (SSSR count). The fraction of sp³-hybridized carbons (Fsp3) is 1.00. The average molecular weight is 785 g/mol. The van der Waals surface area contributed by atoms with Crippen molar-refractivity contribution >= 4 is 90.3 Å². The van der Waals surface area contributed by atoms with Crippen molar-refractivity contribution in [1.29, 1.82) is 0 Å². The minimum Gasteiger partial charge on any atom is -0.306 e. The van der Waals surface area contributed by atoms with Gasteiger partial charge in [0.2, 0.25) is 0 Å². The van der Waals surface area contributed by atoms with Crippen LogP contribution in [0.2, 0.25) is 0 Å². The van der Waals surface area contributed by atoms with Gasteiger partial charge in [-0.2, -0.15) is 0 Å². The highest BCUT2D eigenvalue weighted by molar-refractivity contribution is 8.52. The van der Waals surface area contributed by atoms with Crippen LogP contribution in [-0.2, 0) is 103 Å². The molecule has 15 heteroatoms. The Morgan fingerprint density at radius 2 is 1.23 bits per heavy atom.